The third-order valence-electron chi connectivity index (χ3n) is 5.55. The van der Waals surface area contributed by atoms with Crippen LogP contribution in [0.1, 0.15) is 47.6 Å². The maximum Gasteiger partial charge on any atom is 0.252 e. The minimum Gasteiger partial charge on any atom is -0.469 e. The Kier molecular flexibility index (Phi) is 5.89. The predicted octanol–water partition coefficient (Wildman–Crippen LogP) is 5.08. The molecule has 1 atom stereocenters. The van der Waals surface area contributed by atoms with Crippen LogP contribution in [0.25, 0.3) is 22.3 Å². The van der Waals surface area contributed by atoms with Gasteiger partial charge in [-0.3, -0.25) is 4.79 Å². The Morgan fingerprint density at radius 3 is 2.65 bits per heavy atom. The van der Waals surface area contributed by atoms with Crippen LogP contribution in [0, 0.1) is 13.8 Å². The molecule has 3 aromatic heterocycles. The summed E-state index contributed by atoms with van der Waals surface area (Å²) in [6.07, 6.45) is 3.25. The Morgan fingerprint density at radius 2 is 1.97 bits per heavy atom. The Hall–Kier alpha value is -3.41. The minimum atomic E-state index is -0.105. The number of benzene rings is 1. The Balaban J connectivity index is 1.68. The molecule has 0 spiro atoms. The summed E-state index contributed by atoms with van der Waals surface area (Å²) in [5.41, 5.74) is 5.11. The summed E-state index contributed by atoms with van der Waals surface area (Å²) in [6, 6.07) is 13.9. The molecule has 0 radical (unpaired) electrons. The van der Waals surface area contributed by atoms with Crippen molar-refractivity contribution in [3.63, 3.8) is 0 Å². The van der Waals surface area contributed by atoms with Gasteiger partial charge in [-0.2, -0.15) is 5.10 Å². The minimum absolute atomic E-state index is 0.00478. The summed E-state index contributed by atoms with van der Waals surface area (Å²) in [4.78, 5) is 18.2. The van der Waals surface area contributed by atoms with Gasteiger partial charge in [0.1, 0.15) is 5.76 Å². The van der Waals surface area contributed by atoms with Gasteiger partial charge in [-0.25, -0.2) is 9.67 Å². The average molecular weight is 417 g/mol. The number of fused-ring (bicyclic) bond motifs is 1. The van der Waals surface area contributed by atoms with E-state index in [0.717, 1.165) is 46.6 Å². The quantitative estimate of drug-likeness (QED) is 0.456. The van der Waals surface area contributed by atoms with Gasteiger partial charge in [0, 0.05) is 24.6 Å². The monoisotopic (exact) mass is 416 g/mol. The lowest BCUT2D eigenvalue weighted by atomic mass is 10.0. The van der Waals surface area contributed by atoms with Crippen LogP contribution in [0.15, 0.2) is 53.1 Å². The van der Waals surface area contributed by atoms with Gasteiger partial charge in [0.2, 0.25) is 0 Å². The van der Waals surface area contributed by atoms with Crippen molar-refractivity contribution in [2.24, 2.45) is 0 Å². The molecule has 3 heterocycles. The molecule has 1 aromatic carbocycles. The zero-order valence-corrected chi connectivity index (χ0v) is 18.5. The SMILES string of the molecule is CCn1nc(C)c2c(C(=O)N[C@@H](C)CCc3ccco3)cc(-c3ccc(C)cc3)nc21. The molecule has 0 bridgehead atoms. The fraction of sp³-hybridized carbons (Fsp3) is 0.320. The van der Waals surface area contributed by atoms with Crippen molar-refractivity contribution < 1.29 is 9.21 Å². The van der Waals surface area contributed by atoms with Crippen molar-refractivity contribution in [1.29, 1.82) is 0 Å². The van der Waals surface area contributed by atoms with Crippen LogP contribution < -0.4 is 5.32 Å². The number of nitrogens with zero attached hydrogens (tertiary/aromatic N) is 3. The molecule has 0 aliphatic rings. The molecule has 31 heavy (non-hydrogen) atoms. The molecule has 160 valence electrons. The van der Waals surface area contributed by atoms with Gasteiger partial charge < -0.3 is 9.73 Å². The summed E-state index contributed by atoms with van der Waals surface area (Å²) < 4.78 is 7.26. The highest BCUT2D eigenvalue weighted by Crippen LogP contribution is 2.27. The molecule has 0 unspecified atom stereocenters. The van der Waals surface area contributed by atoms with Crippen molar-refractivity contribution in [1.82, 2.24) is 20.1 Å². The molecule has 4 aromatic rings. The van der Waals surface area contributed by atoms with E-state index in [1.54, 1.807) is 6.26 Å². The zero-order chi connectivity index (χ0) is 22.0. The fourth-order valence-corrected chi connectivity index (χ4v) is 3.81. The lowest BCUT2D eigenvalue weighted by molar-refractivity contribution is 0.0939. The molecule has 0 fully saturated rings. The van der Waals surface area contributed by atoms with E-state index in [1.165, 1.54) is 5.56 Å². The molecule has 0 aliphatic carbocycles. The molecule has 6 heteroatoms. The van der Waals surface area contributed by atoms with Crippen LogP contribution in [0.3, 0.4) is 0 Å². The van der Waals surface area contributed by atoms with Crippen molar-refractivity contribution in [3.05, 3.63) is 71.3 Å². The van der Waals surface area contributed by atoms with E-state index < -0.39 is 0 Å². The molecule has 0 saturated heterocycles. The first-order chi connectivity index (χ1) is 15.0. The normalized spacial score (nSPS) is 12.3. The third-order valence-corrected chi connectivity index (χ3v) is 5.55. The van der Waals surface area contributed by atoms with Crippen LogP contribution in [0.4, 0.5) is 0 Å². The summed E-state index contributed by atoms with van der Waals surface area (Å²) >= 11 is 0. The number of furan rings is 1. The predicted molar refractivity (Wildman–Crippen MR) is 122 cm³/mol. The van der Waals surface area contributed by atoms with E-state index in [9.17, 15) is 4.79 Å². The first-order valence-electron chi connectivity index (χ1n) is 10.7. The number of amides is 1. The van der Waals surface area contributed by atoms with E-state index in [0.29, 0.717) is 12.1 Å². The second-order valence-corrected chi connectivity index (χ2v) is 8.01. The fourth-order valence-electron chi connectivity index (χ4n) is 3.81. The Morgan fingerprint density at radius 1 is 1.19 bits per heavy atom. The molecule has 0 saturated carbocycles. The maximum atomic E-state index is 13.3. The van der Waals surface area contributed by atoms with Crippen LogP contribution in [-0.2, 0) is 13.0 Å². The molecule has 0 aliphatic heterocycles. The van der Waals surface area contributed by atoms with Gasteiger partial charge in [-0.15, -0.1) is 0 Å². The molecule has 6 nitrogen and oxygen atoms in total. The summed E-state index contributed by atoms with van der Waals surface area (Å²) in [7, 11) is 0. The van der Waals surface area contributed by atoms with E-state index in [1.807, 2.05) is 55.8 Å². The number of hydrogen-bond acceptors (Lipinski definition) is 4. The van der Waals surface area contributed by atoms with E-state index >= 15 is 0 Å². The van der Waals surface area contributed by atoms with E-state index in [4.69, 9.17) is 9.40 Å². The first-order valence-corrected chi connectivity index (χ1v) is 10.7. The highest BCUT2D eigenvalue weighted by molar-refractivity contribution is 6.07. The van der Waals surface area contributed by atoms with E-state index in [-0.39, 0.29) is 11.9 Å². The third kappa shape index (κ3) is 4.38. The second-order valence-electron chi connectivity index (χ2n) is 8.01. The van der Waals surface area contributed by atoms with Gasteiger partial charge >= 0.3 is 0 Å². The number of carbonyl (C=O) groups is 1. The zero-order valence-electron chi connectivity index (χ0n) is 18.5. The molecule has 4 rings (SSSR count). The topological polar surface area (TPSA) is 73.0 Å². The second kappa shape index (κ2) is 8.76. The van der Waals surface area contributed by atoms with Crippen LogP contribution in [0.2, 0.25) is 0 Å². The number of hydrogen-bond donors (Lipinski definition) is 1. The molecular weight excluding hydrogens is 388 g/mol. The number of rotatable bonds is 7. The maximum absolute atomic E-state index is 13.3. The van der Waals surface area contributed by atoms with Gasteiger partial charge in [0.05, 0.1) is 28.6 Å². The molecular formula is C25H28N4O2. The standard InChI is InChI=1S/C25H28N4O2/c1-5-29-24-23(18(4)28-29)21(15-22(27-24)19-11-8-16(2)9-12-19)25(30)26-17(3)10-13-20-7-6-14-31-20/h6-9,11-12,14-15,17H,5,10,13H2,1-4H3,(H,26,30)/t17-/m0/s1. The van der Waals surface area contributed by atoms with Gasteiger partial charge in [0.25, 0.3) is 5.91 Å². The lowest BCUT2D eigenvalue weighted by Crippen LogP contribution is -2.33. The van der Waals surface area contributed by atoms with Crippen LogP contribution in [-0.4, -0.2) is 26.7 Å². The highest BCUT2D eigenvalue weighted by atomic mass is 16.3. The first kappa shape index (κ1) is 20.8. The van der Waals surface area contributed by atoms with Crippen molar-refractivity contribution in [3.8, 4) is 11.3 Å². The van der Waals surface area contributed by atoms with Gasteiger partial charge in [0.15, 0.2) is 5.65 Å². The van der Waals surface area contributed by atoms with Gasteiger partial charge in [-0.05, 0) is 52.3 Å². The van der Waals surface area contributed by atoms with Crippen LogP contribution >= 0.6 is 0 Å². The number of carbonyl (C=O) groups excluding carboxylic acids is 1. The van der Waals surface area contributed by atoms with Crippen molar-refractivity contribution in [2.75, 3.05) is 0 Å². The van der Waals surface area contributed by atoms with Crippen molar-refractivity contribution >= 4 is 16.9 Å². The number of aryl methyl sites for hydroxylation is 4. The summed E-state index contributed by atoms with van der Waals surface area (Å²) in [6.45, 7) is 8.72. The van der Waals surface area contributed by atoms with Crippen molar-refractivity contribution in [2.45, 2.75) is 53.1 Å². The lowest BCUT2D eigenvalue weighted by Gasteiger charge is -2.15. The largest absolute Gasteiger partial charge is 0.469 e. The summed E-state index contributed by atoms with van der Waals surface area (Å²) in [5.74, 6) is 0.820. The summed E-state index contributed by atoms with van der Waals surface area (Å²) in [5, 5.41) is 8.57. The molecule has 1 N–H and O–H groups in total. The van der Waals surface area contributed by atoms with Crippen LogP contribution in [0.5, 0.6) is 0 Å². The average Bonchev–Trinajstić information content (AvgIpc) is 3.40. The number of pyridine rings is 1. The molecule has 1 amide bonds. The van der Waals surface area contributed by atoms with E-state index in [2.05, 4.69) is 29.5 Å². The number of nitrogens with one attached hydrogen (secondary N) is 1. The smallest absolute Gasteiger partial charge is 0.252 e. The highest BCUT2D eigenvalue weighted by Gasteiger charge is 2.21. The Labute approximate surface area is 182 Å². The Bertz CT molecular complexity index is 1190. The van der Waals surface area contributed by atoms with Gasteiger partial charge in [-0.1, -0.05) is 29.8 Å². The number of aromatic nitrogens is 3.